The van der Waals surface area contributed by atoms with Gasteiger partial charge in [0.25, 0.3) is 0 Å². The molecule has 0 amide bonds. The Labute approximate surface area is 216 Å². The van der Waals surface area contributed by atoms with E-state index < -0.39 is 0 Å². The van der Waals surface area contributed by atoms with Gasteiger partial charge in [0.15, 0.2) is 6.17 Å². The van der Waals surface area contributed by atoms with Crippen molar-refractivity contribution in [2.75, 3.05) is 0 Å². The summed E-state index contributed by atoms with van der Waals surface area (Å²) in [6.07, 6.45) is 6.36. The lowest BCUT2D eigenvalue weighted by atomic mass is 10.0. The third-order valence-corrected chi connectivity index (χ3v) is 7.12. The van der Waals surface area contributed by atoms with Crippen LogP contribution in [-0.4, -0.2) is 16.2 Å². The number of aryl methyl sites for hydroxylation is 1. The predicted molar refractivity (Wildman–Crippen MR) is 152 cm³/mol. The molecule has 178 valence electrons. The van der Waals surface area contributed by atoms with E-state index in [1.807, 2.05) is 36.4 Å². The summed E-state index contributed by atoms with van der Waals surface area (Å²) in [7, 11) is 0. The third-order valence-electron chi connectivity index (χ3n) is 7.12. The van der Waals surface area contributed by atoms with E-state index in [-0.39, 0.29) is 6.17 Å². The van der Waals surface area contributed by atoms with Crippen LogP contribution in [0.5, 0.6) is 0 Å². The number of nitrogens with one attached hydrogen (secondary N) is 1. The standard InChI is InChI=1S/C33H26N4/c1-3-12-23(13-4-1)31-34-32(24-14-5-2-6-15-24)36-33(35-31)25-16-11-17-26(22-25)37-29-20-9-7-18-27(29)28-19-8-10-21-30(28)37/h1-7,9-18,20-22,33H,8,19H2,(H,34,35,36). The minimum atomic E-state index is -0.347. The molecule has 5 aromatic rings. The summed E-state index contributed by atoms with van der Waals surface area (Å²) < 4.78 is 2.38. The molecule has 1 N–H and O–H groups in total. The highest BCUT2D eigenvalue weighted by Crippen LogP contribution is 2.35. The first-order valence-electron chi connectivity index (χ1n) is 12.8. The van der Waals surface area contributed by atoms with Gasteiger partial charge in [0.2, 0.25) is 0 Å². The Morgan fingerprint density at radius 1 is 0.703 bits per heavy atom. The Balaban J connectivity index is 1.37. The van der Waals surface area contributed by atoms with Crippen LogP contribution in [0.25, 0.3) is 22.7 Å². The third kappa shape index (κ3) is 3.87. The van der Waals surface area contributed by atoms with Crippen molar-refractivity contribution in [1.82, 2.24) is 9.88 Å². The Hall–Kier alpha value is -4.70. The van der Waals surface area contributed by atoms with Gasteiger partial charge in [-0.05, 0) is 42.7 Å². The fourth-order valence-corrected chi connectivity index (χ4v) is 5.37. The van der Waals surface area contributed by atoms with E-state index >= 15 is 0 Å². The predicted octanol–water partition coefficient (Wildman–Crippen LogP) is 7.09. The van der Waals surface area contributed by atoms with Crippen molar-refractivity contribution < 1.29 is 0 Å². The molecular weight excluding hydrogens is 452 g/mol. The smallest absolute Gasteiger partial charge is 0.169 e. The highest BCUT2D eigenvalue weighted by atomic mass is 15.2. The summed E-state index contributed by atoms with van der Waals surface area (Å²) in [5.41, 5.74) is 8.23. The Bertz CT molecular complexity index is 1640. The number of para-hydroxylation sites is 1. The molecule has 0 atom stereocenters. The van der Waals surface area contributed by atoms with Crippen molar-refractivity contribution in [3.63, 3.8) is 0 Å². The lowest BCUT2D eigenvalue weighted by molar-refractivity contribution is 0.754. The lowest BCUT2D eigenvalue weighted by Crippen LogP contribution is -2.36. The molecule has 0 saturated heterocycles. The SMILES string of the molecule is C1=Cc2c(c3ccccc3n2-c2cccc(C3N=C(c4ccccc4)NC(c4ccccc4)=N3)c2)CC1. The quantitative estimate of drug-likeness (QED) is 0.294. The molecule has 0 fully saturated rings. The Morgan fingerprint density at radius 2 is 1.38 bits per heavy atom. The maximum absolute atomic E-state index is 5.07. The number of aromatic nitrogens is 1. The summed E-state index contributed by atoms with van der Waals surface area (Å²) in [4.78, 5) is 10.1. The van der Waals surface area contributed by atoms with Crippen LogP contribution in [0.4, 0.5) is 0 Å². The summed E-state index contributed by atoms with van der Waals surface area (Å²) in [5, 5.41) is 4.81. The molecule has 0 unspecified atom stereocenters. The summed E-state index contributed by atoms with van der Waals surface area (Å²) in [5.74, 6) is 1.66. The molecule has 4 aromatic carbocycles. The topological polar surface area (TPSA) is 41.7 Å². The van der Waals surface area contributed by atoms with Crippen LogP contribution in [0.2, 0.25) is 0 Å². The number of benzene rings is 4. The molecule has 0 spiro atoms. The number of nitrogens with zero attached hydrogens (tertiary/aromatic N) is 3. The molecule has 1 aliphatic heterocycles. The van der Waals surface area contributed by atoms with E-state index in [1.54, 1.807) is 0 Å². The number of hydrogen-bond donors (Lipinski definition) is 1. The molecule has 4 nitrogen and oxygen atoms in total. The summed E-state index contributed by atoms with van der Waals surface area (Å²) in [6.45, 7) is 0. The van der Waals surface area contributed by atoms with Crippen LogP contribution in [0.3, 0.4) is 0 Å². The molecule has 1 aliphatic carbocycles. The first-order valence-corrected chi connectivity index (χ1v) is 12.8. The monoisotopic (exact) mass is 478 g/mol. The van der Waals surface area contributed by atoms with Gasteiger partial charge in [0, 0.05) is 33.5 Å². The first-order chi connectivity index (χ1) is 18.3. The van der Waals surface area contributed by atoms with Crippen LogP contribution >= 0.6 is 0 Å². The van der Waals surface area contributed by atoms with Gasteiger partial charge in [0.05, 0.1) is 5.52 Å². The molecule has 7 rings (SSSR count). The molecule has 37 heavy (non-hydrogen) atoms. The highest BCUT2D eigenvalue weighted by Gasteiger charge is 2.22. The summed E-state index contributed by atoms with van der Waals surface area (Å²) >= 11 is 0. The van der Waals surface area contributed by atoms with E-state index in [4.69, 9.17) is 9.98 Å². The first kappa shape index (κ1) is 21.6. The molecule has 2 heterocycles. The number of aliphatic imine (C=N–C) groups is 2. The second-order valence-electron chi connectivity index (χ2n) is 9.44. The molecule has 2 aliphatic rings. The maximum atomic E-state index is 5.07. The zero-order chi connectivity index (χ0) is 24.6. The zero-order valence-electron chi connectivity index (χ0n) is 20.4. The minimum Gasteiger partial charge on any atom is -0.324 e. The van der Waals surface area contributed by atoms with Gasteiger partial charge in [-0.15, -0.1) is 0 Å². The van der Waals surface area contributed by atoms with E-state index in [2.05, 4.69) is 94.8 Å². The molecule has 4 heteroatoms. The number of allylic oxidation sites excluding steroid dienone is 1. The van der Waals surface area contributed by atoms with Crippen molar-refractivity contribution in [2.45, 2.75) is 19.0 Å². The van der Waals surface area contributed by atoms with Crippen LogP contribution in [0, 0.1) is 0 Å². The van der Waals surface area contributed by atoms with Gasteiger partial charge in [-0.25, -0.2) is 9.98 Å². The number of fused-ring (bicyclic) bond motifs is 3. The fourth-order valence-electron chi connectivity index (χ4n) is 5.37. The fraction of sp³-hybridized carbons (Fsp3) is 0.0909. The number of rotatable bonds is 4. The van der Waals surface area contributed by atoms with Gasteiger partial charge in [-0.1, -0.05) is 97.1 Å². The van der Waals surface area contributed by atoms with Crippen molar-refractivity contribution in [1.29, 1.82) is 0 Å². The average Bonchev–Trinajstić information content (AvgIpc) is 3.32. The largest absolute Gasteiger partial charge is 0.324 e. The number of hydrogen-bond acceptors (Lipinski definition) is 3. The van der Waals surface area contributed by atoms with Gasteiger partial charge in [-0.3, -0.25) is 0 Å². The van der Waals surface area contributed by atoms with Crippen molar-refractivity contribution in [3.05, 3.63) is 143 Å². The maximum Gasteiger partial charge on any atom is 0.169 e. The zero-order valence-corrected chi connectivity index (χ0v) is 20.4. The minimum absolute atomic E-state index is 0.347. The van der Waals surface area contributed by atoms with Crippen LogP contribution in [0.15, 0.2) is 125 Å². The average molecular weight is 479 g/mol. The normalized spacial score (nSPS) is 15.1. The van der Waals surface area contributed by atoms with E-state index in [0.717, 1.165) is 46.9 Å². The molecular formula is C33H26N4. The van der Waals surface area contributed by atoms with Crippen LogP contribution < -0.4 is 5.32 Å². The van der Waals surface area contributed by atoms with E-state index in [1.165, 1.54) is 22.2 Å². The number of amidine groups is 2. The summed E-state index contributed by atoms with van der Waals surface area (Å²) in [6, 6.07) is 37.9. The van der Waals surface area contributed by atoms with Crippen LogP contribution in [-0.2, 0) is 6.42 Å². The Morgan fingerprint density at radius 3 is 2.11 bits per heavy atom. The van der Waals surface area contributed by atoms with E-state index in [9.17, 15) is 0 Å². The second-order valence-corrected chi connectivity index (χ2v) is 9.44. The second kappa shape index (κ2) is 9.07. The van der Waals surface area contributed by atoms with Gasteiger partial charge < -0.3 is 9.88 Å². The van der Waals surface area contributed by atoms with Crippen molar-refractivity contribution >= 4 is 28.7 Å². The molecule has 1 aromatic heterocycles. The van der Waals surface area contributed by atoms with Gasteiger partial charge >= 0.3 is 0 Å². The van der Waals surface area contributed by atoms with E-state index in [0.29, 0.717) is 0 Å². The molecule has 0 saturated carbocycles. The van der Waals surface area contributed by atoms with Gasteiger partial charge in [-0.2, -0.15) is 0 Å². The Kier molecular flexibility index (Phi) is 5.29. The van der Waals surface area contributed by atoms with Gasteiger partial charge in [0.1, 0.15) is 11.7 Å². The van der Waals surface area contributed by atoms with Crippen molar-refractivity contribution in [3.8, 4) is 5.69 Å². The molecule has 0 radical (unpaired) electrons. The highest BCUT2D eigenvalue weighted by molar-refractivity contribution is 6.15. The lowest BCUT2D eigenvalue weighted by Gasteiger charge is -2.23. The molecule has 0 bridgehead atoms. The van der Waals surface area contributed by atoms with Crippen LogP contribution in [0.1, 0.15) is 40.5 Å². The van der Waals surface area contributed by atoms with Crippen molar-refractivity contribution in [2.24, 2.45) is 9.98 Å².